The molecule has 2 rings (SSSR count). The van der Waals surface area contributed by atoms with E-state index < -0.39 is 35.2 Å². The van der Waals surface area contributed by atoms with E-state index in [1.807, 2.05) is 0 Å². The second kappa shape index (κ2) is 6.98. The molecule has 0 heterocycles. The van der Waals surface area contributed by atoms with Crippen LogP contribution in [0.5, 0.6) is 5.75 Å². The normalized spacial score (nSPS) is 11.8. The lowest BCUT2D eigenvalue weighted by atomic mass is 10.2. The number of ether oxygens (including phenoxy) is 1. The lowest BCUT2D eigenvalue weighted by Gasteiger charge is -2.17. The maximum atomic E-state index is 13.5. The maximum absolute atomic E-state index is 13.5. The minimum atomic E-state index is -0.954. The number of amides is 1. The van der Waals surface area contributed by atoms with Gasteiger partial charge in [-0.05, 0) is 42.8 Å². The summed E-state index contributed by atoms with van der Waals surface area (Å²) >= 11 is 0. The van der Waals surface area contributed by atoms with Gasteiger partial charge in [0.2, 0.25) is 0 Å². The van der Waals surface area contributed by atoms with Crippen molar-refractivity contribution >= 4 is 11.6 Å². The Morgan fingerprint density at radius 2 is 1.68 bits per heavy atom. The van der Waals surface area contributed by atoms with Crippen molar-refractivity contribution in [1.29, 1.82) is 0 Å². The zero-order valence-corrected chi connectivity index (χ0v) is 11.8. The van der Waals surface area contributed by atoms with Crippen molar-refractivity contribution in [3.63, 3.8) is 0 Å². The topological polar surface area (TPSA) is 38.3 Å². The number of carbonyl (C=O) groups excluding carboxylic acids is 1. The summed E-state index contributed by atoms with van der Waals surface area (Å²) in [5.41, 5.74) is -0.520. The Morgan fingerprint density at radius 1 is 1.09 bits per heavy atom. The molecule has 0 aliphatic carbocycles. The number of halogens is 3. The van der Waals surface area contributed by atoms with E-state index >= 15 is 0 Å². The number of rotatable bonds is 5. The molecule has 6 heteroatoms. The van der Waals surface area contributed by atoms with Crippen molar-refractivity contribution in [2.45, 2.75) is 19.4 Å². The Morgan fingerprint density at radius 3 is 2.23 bits per heavy atom. The van der Waals surface area contributed by atoms with Crippen LogP contribution in [-0.2, 0) is 4.79 Å². The van der Waals surface area contributed by atoms with Crippen LogP contribution >= 0.6 is 0 Å². The van der Waals surface area contributed by atoms with E-state index in [-0.39, 0.29) is 12.2 Å². The van der Waals surface area contributed by atoms with Crippen molar-refractivity contribution in [3.05, 3.63) is 59.9 Å². The summed E-state index contributed by atoms with van der Waals surface area (Å²) in [6.07, 6.45) is -0.677. The van der Waals surface area contributed by atoms with Crippen molar-refractivity contribution < 1.29 is 22.7 Å². The van der Waals surface area contributed by atoms with Crippen LogP contribution in [0.2, 0.25) is 0 Å². The lowest BCUT2D eigenvalue weighted by Crippen LogP contribution is -2.33. The van der Waals surface area contributed by atoms with Crippen molar-refractivity contribution in [3.8, 4) is 5.75 Å². The highest BCUT2D eigenvalue weighted by atomic mass is 19.1. The average molecular weight is 309 g/mol. The van der Waals surface area contributed by atoms with Crippen LogP contribution < -0.4 is 10.1 Å². The molecule has 1 N–H and O–H groups in total. The Hall–Kier alpha value is -2.50. The van der Waals surface area contributed by atoms with E-state index in [2.05, 4.69) is 5.32 Å². The molecule has 0 fully saturated rings. The van der Waals surface area contributed by atoms with Crippen LogP contribution in [0.25, 0.3) is 0 Å². The molecular formula is C16H14F3NO2. The van der Waals surface area contributed by atoms with Gasteiger partial charge in [0.1, 0.15) is 28.9 Å². The van der Waals surface area contributed by atoms with E-state index in [0.29, 0.717) is 0 Å². The molecule has 0 bridgehead atoms. The standard InChI is InChI=1S/C16H14F3NO2/c1-2-14(22-11-8-6-10(17)7-9-11)16(21)20-15-12(18)4-3-5-13(15)19/h3-9,14H,2H2,1H3,(H,20,21)/t14-/m0/s1. The Labute approximate surface area is 125 Å². The number of para-hydroxylation sites is 1. The van der Waals surface area contributed by atoms with Gasteiger partial charge in [0.05, 0.1) is 0 Å². The molecule has 2 aromatic rings. The second-order valence-corrected chi connectivity index (χ2v) is 4.55. The Balaban J connectivity index is 2.10. The van der Waals surface area contributed by atoms with Gasteiger partial charge in [0, 0.05) is 0 Å². The fourth-order valence-electron chi connectivity index (χ4n) is 1.82. The highest BCUT2D eigenvalue weighted by Crippen LogP contribution is 2.20. The van der Waals surface area contributed by atoms with Crippen LogP contribution in [0.3, 0.4) is 0 Å². The molecule has 0 spiro atoms. The highest BCUT2D eigenvalue weighted by molar-refractivity contribution is 5.94. The van der Waals surface area contributed by atoms with Crippen LogP contribution in [0, 0.1) is 17.5 Å². The van der Waals surface area contributed by atoms with Crippen LogP contribution in [-0.4, -0.2) is 12.0 Å². The molecule has 2 aromatic carbocycles. The first-order valence-electron chi connectivity index (χ1n) is 6.68. The number of benzene rings is 2. The summed E-state index contributed by atoms with van der Waals surface area (Å²) < 4.78 is 45.3. The molecule has 0 aliphatic rings. The highest BCUT2D eigenvalue weighted by Gasteiger charge is 2.21. The van der Waals surface area contributed by atoms with E-state index in [9.17, 15) is 18.0 Å². The molecule has 0 saturated heterocycles. The van der Waals surface area contributed by atoms with E-state index in [1.54, 1.807) is 6.92 Å². The van der Waals surface area contributed by atoms with Gasteiger partial charge < -0.3 is 10.1 Å². The number of anilines is 1. The molecular weight excluding hydrogens is 295 g/mol. The van der Waals surface area contributed by atoms with Gasteiger partial charge in [0.15, 0.2) is 6.10 Å². The monoisotopic (exact) mass is 309 g/mol. The molecule has 0 unspecified atom stereocenters. The smallest absolute Gasteiger partial charge is 0.265 e. The second-order valence-electron chi connectivity index (χ2n) is 4.55. The maximum Gasteiger partial charge on any atom is 0.265 e. The summed E-state index contributed by atoms with van der Waals surface area (Å²) in [7, 11) is 0. The first-order chi connectivity index (χ1) is 10.5. The lowest BCUT2D eigenvalue weighted by molar-refractivity contribution is -0.122. The van der Waals surface area contributed by atoms with Gasteiger partial charge in [-0.15, -0.1) is 0 Å². The first-order valence-corrected chi connectivity index (χ1v) is 6.68. The van der Waals surface area contributed by atoms with Gasteiger partial charge >= 0.3 is 0 Å². The van der Waals surface area contributed by atoms with Gasteiger partial charge in [-0.3, -0.25) is 4.79 Å². The minimum Gasteiger partial charge on any atom is -0.481 e. The number of nitrogens with one attached hydrogen (secondary N) is 1. The van der Waals surface area contributed by atoms with E-state index in [1.165, 1.54) is 30.3 Å². The van der Waals surface area contributed by atoms with Gasteiger partial charge in [-0.1, -0.05) is 13.0 Å². The fraction of sp³-hybridized carbons (Fsp3) is 0.188. The zero-order chi connectivity index (χ0) is 16.1. The fourth-order valence-corrected chi connectivity index (χ4v) is 1.82. The predicted molar refractivity (Wildman–Crippen MR) is 76.1 cm³/mol. The molecule has 22 heavy (non-hydrogen) atoms. The van der Waals surface area contributed by atoms with Crippen LogP contribution in [0.4, 0.5) is 18.9 Å². The number of hydrogen-bond acceptors (Lipinski definition) is 2. The molecule has 1 amide bonds. The summed E-state index contributed by atoms with van der Waals surface area (Å²) in [5.74, 6) is -2.57. The SMILES string of the molecule is CC[C@H](Oc1ccc(F)cc1)C(=O)Nc1c(F)cccc1F. The third-order valence-electron chi connectivity index (χ3n) is 2.97. The summed E-state index contributed by atoms with van der Waals surface area (Å²) in [4.78, 5) is 12.1. The molecule has 0 aliphatic heterocycles. The summed E-state index contributed by atoms with van der Waals surface area (Å²) in [6.45, 7) is 1.69. The van der Waals surface area contributed by atoms with Crippen molar-refractivity contribution in [2.24, 2.45) is 0 Å². The first kappa shape index (κ1) is 15.9. The van der Waals surface area contributed by atoms with Crippen LogP contribution in [0.1, 0.15) is 13.3 Å². The molecule has 0 aromatic heterocycles. The van der Waals surface area contributed by atoms with Crippen LogP contribution in [0.15, 0.2) is 42.5 Å². The Kier molecular flexibility index (Phi) is 5.04. The largest absolute Gasteiger partial charge is 0.481 e. The molecule has 3 nitrogen and oxygen atoms in total. The molecule has 1 atom stereocenters. The van der Waals surface area contributed by atoms with E-state index in [0.717, 1.165) is 12.1 Å². The third-order valence-corrected chi connectivity index (χ3v) is 2.97. The number of hydrogen-bond donors (Lipinski definition) is 1. The van der Waals surface area contributed by atoms with Gasteiger partial charge in [-0.2, -0.15) is 0 Å². The average Bonchev–Trinajstić information content (AvgIpc) is 2.50. The van der Waals surface area contributed by atoms with Crippen molar-refractivity contribution in [2.75, 3.05) is 5.32 Å². The molecule has 0 radical (unpaired) electrons. The number of carbonyl (C=O) groups is 1. The third kappa shape index (κ3) is 3.78. The summed E-state index contributed by atoms with van der Waals surface area (Å²) in [6, 6.07) is 8.41. The Bertz CT molecular complexity index is 639. The molecule has 0 saturated carbocycles. The van der Waals surface area contributed by atoms with Gasteiger partial charge in [0.25, 0.3) is 5.91 Å². The van der Waals surface area contributed by atoms with E-state index in [4.69, 9.17) is 4.74 Å². The molecule has 116 valence electrons. The predicted octanol–water partition coefficient (Wildman–Crippen LogP) is 3.90. The van der Waals surface area contributed by atoms with Gasteiger partial charge in [-0.25, -0.2) is 13.2 Å². The quantitative estimate of drug-likeness (QED) is 0.909. The minimum absolute atomic E-state index is 0.277. The van der Waals surface area contributed by atoms with Crippen molar-refractivity contribution in [1.82, 2.24) is 0 Å². The summed E-state index contributed by atoms with van der Waals surface area (Å²) in [5, 5.41) is 2.17. The zero-order valence-electron chi connectivity index (χ0n) is 11.8.